The van der Waals surface area contributed by atoms with Crippen molar-refractivity contribution < 1.29 is 4.42 Å². The van der Waals surface area contributed by atoms with Crippen LogP contribution in [0.4, 0.5) is 0 Å². The van der Waals surface area contributed by atoms with Crippen molar-refractivity contribution in [2.24, 2.45) is 11.7 Å². The summed E-state index contributed by atoms with van der Waals surface area (Å²) in [5.41, 5.74) is 8.41. The standard InChI is InChI=1S/C15H18ClNO/c1-9-12-8-11(16)6-7-13(12)18-15(9)14(17)10-4-2-3-5-10/h6-8,10,14H,2-5,17H2,1H3. The van der Waals surface area contributed by atoms with E-state index >= 15 is 0 Å². The first kappa shape index (κ1) is 12.1. The minimum absolute atomic E-state index is 0.0266. The van der Waals surface area contributed by atoms with Gasteiger partial charge in [0.15, 0.2) is 0 Å². The fourth-order valence-corrected chi connectivity index (χ4v) is 3.23. The second kappa shape index (κ2) is 4.60. The zero-order valence-corrected chi connectivity index (χ0v) is 11.3. The van der Waals surface area contributed by atoms with Gasteiger partial charge in [-0.05, 0) is 43.9 Å². The second-order valence-electron chi connectivity index (χ2n) is 5.30. The number of rotatable bonds is 2. The number of benzene rings is 1. The monoisotopic (exact) mass is 263 g/mol. The van der Waals surface area contributed by atoms with Gasteiger partial charge in [0.1, 0.15) is 11.3 Å². The zero-order valence-electron chi connectivity index (χ0n) is 10.6. The van der Waals surface area contributed by atoms with E-state index in [9.17, 15) is 0 Å². The van der Waals surface area contributed by atoms with Crippen LogP contribution in [-0.2, 0) is 0 Å². The molecule has 2 nitrogen and oxygen atoms in total. The van der Waals surface area contributed by atoms with Crippen LogP contribution in [0.2, 0.25) is 5.02 Å². The van der Waals surface area contributed by atoms with Gasteiger partial charge in [0.2, 0.25) is 0 Å². The maximum absolute atomic E-state index is 6.38. The molecule has 1 aliphatic carbocycles. The first-order valence-electron chi connectivity index (χ1n) is 6.61. The summed E-state index contributed by atoms with van der Waals surface area (Å²) in [6.45, 7) is 2.08. The third-order valence-electron chi connectivity index (χ3n) is 4.15. The molecule has 0 saturated heterocycles. The average molecular weight is 264 g/mol. The fourth-order valence-electron chi connectivity index (χ4n) is 3.06. The van der Waals surface area contributed by atoms with Crippen LogP contribution < -0.4 is 5.73 Å². The van der Waals surface area contributed by atoms with E-state index in [-0.39, 0.29) is 6.04 Å². The molecular formula is C15H18ClNO. The molecule has 0 bridgehead atoms. The first-order valence-corrected chi connectivity index (χ1v) is 6.99. The summed E-state index contributed by atoms with van der Waals surface area (Å²) in [4.78, 5) is 0. The number of fused-ring (bicyclic) bond motifs is 1. The Hall–Kier alpha value is -0.990. The van der Waals surface area contributed by atoms with E-state index in [1.54, 1.807) is 0 Å². The Morgan fingerprint density at radius 1 is 1.33 bits per heavy atom. The maximum Gasteiger partial charge on any atom is 0.134 e. The van der Waals surface area contributed by atoms with Gasteiger partial charge in [-0.3, -0.25) is 0 Å². The fraction of sp³-hybridized carbons (Fsp3) is 0.467. The summed E-state index contributed by atoms with van der Waals surface area (Å²) in [6, 6.07) is 5.77. The Balaban J connectivity index is 2.03. The van der Waals surface area contributed by atoms with Crippen LogP contribution in [0.5, 0.6) is 0 Å². The molecule has 0 aliphatic heterocycles. The molecule has 0 spiro atoms. The smallest absolute Gasteiger partial charge is 0.134 e. The summed E-state index contributed by atoms with van der Waals surface area (Å²) < 4.78 is 5.94. The number of hydrogen-bond donors (Lipinski definition) is 1. The van der Waals surface area contributed by atoms with Crippen molar-refractivity contribution in [1.82, 2.24) is 0 Å². The van der Waals surface area contributed by atoms with E-state index in [0.717, 1.165) is 27.3 Å². The molecule has 3 heteroatoms. The number of aryl methyl sites for hydroxylation is 1. The molecule has 1 saturated carbocycles. The van der Waals surface area contributed by atoms with Gasteiger partial charge in [-0.2, -0.15) is 0 Å². The van der Waals surface area contributed by atoms with E-state index in [0.29, 0.717) is 5.92 Å². The quantitative estimate of drug-likeness (QED) is 0.861. The van der Waals surface area contributed by atoms with Gasteiger partial charge in [-0.15, -0.1) is 0 Å². The van der Waals surface area contributed by atoms with Crippen LogP contribution in [-0.4, -0.2) is 0 Å². The Kier molecular flexibility index (Phi) is 3.08. The van der Waals surface area contributed by atoms with Crippen molar-refractivity contribution in [1.29, 1.82) is 0 Å². The van der Waals surface area contributed by atoms with Crippen LogP contribution >= 0.6 is 11.6 Å². The highest BCUT2D eigenvalue weighted by Gasteiger charge is 2.27. The minimum Gasteiger partial charge on any atom is -0.459 e. The Labute approximate surface area is 112 Å². The molecule has 1 fully saturated rings. The summed E-state index contributed by atoms with van der Waals surface area (Å²) in [6.07, 6.45) is 5.03. The molecule has 1 atom stereocenters. The van der Waals surface area contributed by atoms with Crippen molar-refractivity contribution in [3.05, 3.63) is 34.5 Å². The van der Waals surface area contributed by atoms with Gasteiger partial charge in [0.25, 0.3) is 0 Å². The van der Waals surface area contributed by atoms with Gasteiger partial charge >= 0.3 is 0 Å². The summed E-state index contributed by atoms with van der Waals surface area (Å²) >= 11 is 6.03. The third-order valence-corrected chi connectivity index (χ3v) is 4.38. The molecule has 1 aliphatic rings. The van der Waals surface area contributed by atoms with Gasteiger partial charge in [-0.25, -0.2) is 0 Å². The van der Waals surface area contributed by atoms with Crippen molar-refractivity contribution >= 4 is 22.6 Å². The number of hydrogen-bond acceptors (Lipinski definition) is 2. The van der Waals surface area contributed by atoms with Gasteiger partial charge in [0.05, 0.1) is 6.04 Å². The lowest BCUT2D eigenvalue weighted by atomic mass is 9.94. The molecule has 96 valence electrons. The second-order valence-corrected chi connectivity index (χ2v) is 5.74. The van der Waals surface area contributed by atoms with Crippen LogP contribution in [0.25, 0.3) is 11.0 Å². The molecule has 2 N–H and O–H groups in total. The van der Waals surface area contributed by atoms with Crippen molar-refractivity contribution in [3.63, 3.8) is 0 Å². The maximum atomic E-state index is 6.38. The SMILES string of the molecule is Cc1c(C(N)C2CCCC2)oc2ccc(Cl)cc12. The zero-order chi connectivity index (χ0) is 12.7. The van der Waals surface area contributed by atoms with Crippen molar-refractivity contribution in [2.45, 2.75) is 38.6 Å². The average Bonchev–Trinajstić information content (AvgIpc) is 2.98. The van der Waals surface area contributed by atoms with Gasteiger partial charge in [-0.1, -0.05) is 24.4 Å². The van der Waals surface area contributed by atoms with E-state index < -0.39 is 0 Å². The van der Waals surface area contributed by atoms with Crippen molar-refractivity contribution in [3.8, 4) is 0 Å². The van der Waals surface area contributed by atoms with Crippen LogP contribution in [0.1, 0.15) is 43.0 Å². The highest BCUT2D eigenvalue weighted by atomic mass is 35.5. The lowest BCUT2D eigenvalue weighted by Gasteiger charge is -2.17. The lowest BCUT2D eigenvalue weighted by Crippen LogP contribution is -2.19. The highest BCUT2D eigenvalue weighted by Crippen LogP contribution is 2.38. The molecule has 18 heavy (non-hydrogen) atoms. The molecule has 0 radical (unpaired) electrons. The highest BCUT2D eigenvalue weighted by molar-refractivity contribution is 6.31. The molecule has 0 amide bonds. The minimum atomic E-state index is 0.0266. The number of furan rings is 1. The molecule has 1 aromatic carbocycles. The Bertz CT molecular complexity index is 569. The van der Waals surface area contributed by atoms with E-state index in [2.05, 4.69) is 6.92 Å². The van der Waals surface area contributed by atoms with Crippen LogP contribution in [0.3, 0.4) is 0 Å². The molecule has 1 heterocycles. The molecule has 3 rings (SSSR count). The van der Waals surface area contributed by atoms with Gasteiger partial charge in [0, 0.05) is 16.0 Å². The molecular weight excluding hydrogens is 246 g/mol. The topological polar surface area (TPSA) is 39.2 Å². The largest absolute Gasteiger partial charge is 0.459 e. The summed E-state index contributed by atoms with van der Waals surface area (Å²) in [5.74, 6) is 1.51. The van der Waals surface area contributed by atoms with E-state index in [4.69, 9.17) is 21.8 Å². The predicted octanol–water partition coefficient (Wildman–Crippen LogP) is 4.58. The predicted molar refractivity (Wildman–Crippen MR) is 74.8 cm³/mol. The first-order chi connectivity index (χ1) is 8.66. The molecule has 1 aromatic heterocycles. The summed E-state index contributed by atoms with van der Waals surface area (Å²) in [5, 5.41) is 1.83. The number of nitrogens with two attached hydrogens (primary N) is 1. The van der Waals surface area contributed by atoms with Crippen LogP contribution in [0.15, 0.2) is 22.6 Å². The molecule has 1 unspecified atom stereocenters. The van der Waals surface area contributed by atoms with Crippen molar-refractivity contribution in [2.75, 3.05) is 0 Å². The van der Waals surface area contributed by atoms with Crippen LogP contribution in [0, 0.1) is 12.8 Å². The number of halogens is 1. The molecule has 2 aromatic rings. The van der Waals surface area contributed by atoms with E-state index in [1.807, 2.05) is 18.2 Å². The normalized spacial score (nSPS) is 18.6. The Morgan fingerprint density at radius 2 is 2.06 bits per heavy atom. The van der Waals surface area contributed by atoms with E-state index in [1.165, 1.54) is 25.7 Å². The Morgan fingerprint density at radius 3 is 2.78 bits per heavy atom. The van der Waals surface area contributed by atoms with Gasteiger partial charge < -0.3 is 10.2 Å². The third kappa shape index (κ3) is 1.94. The summed E-state index contributed by atoms with van der Waals surface area (Å²) in [7, 11) is 0. The lowest BCUT2D eigenvalue weighted by molar-refractivity contribution is 0.378.